The highest BCUT2D eigenvalue weighted by Crippen LogP contribution is 2.15. The Morgan fingerprint density at radius 1 is 1.42 bits per heavy atom. The molecule has 2 heterocycles. The van der Waals surface area contributed by atoms with Crippen LogP contribution in [0, 0.1) is 0 Å². The summed E-state index contributed by atoms with van der Waals surface area (Å²) in [4.78, 5) is 8.18. The average molecular weight is 161 g/mol. The van der Waals surface area contributed by atoms with Gasteiger partial charge in [0.2, 0.25) is 0 Å². The van der Waals surface area contributed by atoms with Crippen LogP contribution in [0.2, 0.25) is 0 Å². The molecule has 62 valence electrons. The fourth-order valence-electron chi connectivity index (χ4n) is 1.32. The van der Waals surface area contributed by atoms with E-state index in [1.807, 2.05) is 18.5 Å². The number of hydrogen-bond donors (Lipinski definition) is 0. The van der Waals surface area contributed by atoms with E-state index in [0.717, 1.165) is 11.0 Å². The van der Waals surface area contributed by atoms with Gasteiger partial charge in [-0.3, -0.25) is 0 Å². The molecule has 2 rings (SSSR count). The summed E-state index contributed by atoms with van der Waals surface area (Å²) in [5.41, 5.74) is 1.01. The van der Waals surface area contributed by atoms with Crippen LogP contribution in [0.3, 0.4) is 0 Å². The minimum Gasteiger partial charge on any atom is -0.330 e. The fraction of sp³-hybridized carbons (Fsp3) is 0.333. The zero-order valence-corrected chi connectivity index (χ0v) is 7.23. The van der Waals surface area contributed by atoms with Crippen molar-refractivity contribution in [1.82, 2.24) is 14.5 Å². The molecule has 2 aromatic rings. The molecule has 0 saturated heterocycles. The van der Waals surface area contributed by atoms with Crippen molar-refractivity contribution in [2.75, 3.05) is 0 Å². The van der Waals surface area contributed by atoms with E-state index in [-0.39, 0.29) is 0 Å². The maximum absolute atomic E-state index is 4.21. The summed E-state index contributed by atoms with van der Waals surface area (Å²) >= 11 is 0. The quantitative estimate of drug-likeness (QED) is 0.640. The molecule has 12 heavy (non-hydrogen) atoms. The molecule has 0 aliphatic rings. The van der Waals surface area contributed by atoms with E-state index in [9.17, 15) is 0 Å². The van der Waals surface area contributed by atoms with Crippen LogP contribution in [-0.4, -0.2) is 14.5 Å². The van der Waals surface area contributed by atoms with E-state index < -0.39 is 0 Å². The molecule has 0 bridgehead atoms. The van der Waals surface area contributed by atoms with E-state index in [1.165, 1.54) is 0 Å². The summed E-state index contributed by atoms with van der Waals surface area (Å²) in [5.74, 6) is 0. The molecule has 2 aromatic heterocycles. The van der Waals surface area contributed by atoms with Gasteiger partial charge in [-0.05, 0) is 19.9 Å². The molecule has 0 radical (unpaired) electrons. The smallest absolute Gasteiger partial charge is 0.143 e. The summed E-state index contributed by atoms with van der Waals surface area (Å²) < 4.78 is 2.14. The van der Waals surface area contributed by atoms with E-state index in [0.29, 0.717) is 6.04 Å². The third-order valence-electron chi connectivity index (χ3n) is 1.93. The Bertz CT molecular complexity index is 389. The minimum atomic E-state index is 0.456. The summed E-state index contributed by atoms with van der Waals surface area (Å²) in [6.07, 6.45) is 5.46. The van der Waals surface area contributed by atoms with Gasteiger partial charge in [0.25, 0.3) is 0 Å². The SMILES string of the molecule is CC(C)n1ccc2cncnc21. The normalized spacial score (nSPS) is 11.2. The van der Waals surface area contributed by atoms with Crippen molar-refractivity contribution in [2.45, 2.75) is 19.9 Å². The van der Waals surface area contributed by atoms with Crippen LogP contribution in [0.5, 0.6) is 0 Å². The summed E-state index contributed by atoms with van der Waals surface area (Å²) in [5, 5.41) is 1.10. The monoisotopic (exact) mass is 161 g/mol. The van der Waals surface area contributed by atoms with Crippen molar-refractivity contribution in [3.05, 3.63) is 24.8 Å². The maximum Gasteiger partial charge on any atom is 0.143 e. The Labute approximate surface area is 71.1 Å². The lowest BCUT2D eigenvalue weighted by atomic mass is 10.4. The van der Waals surface area contributed by atoms with Crippen molar-refractivity contribution in [3.8, 4) is 0 Å². The second kappa shape index (κ2) is 2.59. The topological polar surface area (TPSA) is 30.7 Å². The Kier molecular flexibility index (Phi) is 1.57. The van der Waals surface area contributed by atoms with Crippen LogP contribution in [0.1, 0.15) is 19.9 Å². The molecule has 0 saturated carbocycles. The zero-order valence-electron chi connectivity index (χ0n) is 7.23. The zero-order chi connectivity index (χ0) is 8.55. The Morgan fingerprint density at radius 2 is 2.25 bits per heavy atom. The molecule has 0 aliphatic carbocycles. The standard InChI is InChI=1S/C9H11N3/c1-7(2)12-4-3-8-5-10-6-11-9(8)12/h3-7H,1-2H3. The predicted molar refractivity (Wildman–Crippen MR) is 47.9 cm³/mol. The van der Waals surface area contributed by atoms with Gasteiger partial charge in [-0.15, -0.1) is 0 Å². The van der Waals surface area contributed by atoms with Crippen molar-refractivity contribution in [3.63, 3.8) is 0 Å². The molecule has 0 aromatic carbocycles. The number of nitrogens with zero attached hydrogens (tertiary/aromatic N) is 3. The largest absolute Gasteiger partial charge is 0.330 e. The van der Waals surface area contributed by atoms with Gasteiger partial charge in [-0.1, -0.05) is 0 Å². The predicted octanol–water partition coefficient (Wildman–Crippen LogP) is 2.01. The van der Waals surface area contributed by atoms with Crippen molar-refractivity contribution in [2.24, 2.45) is 0 Å². The molecule has 0 N–H and O–H groups in total. The lowest BCUT2D eigenvalue weighted by molar-refractivity contribution is 0.617. The van der Waals surface area contributed by atoms with E-state index >= 15 is 0 Å². The van der Waals surface area contributed by atoms with Crippen molar-refractivity contribution < 1.29 is 0 Å². The molecular formula is C9H11N3. The van der Waals surface area contributed by atoms with E-state index in [1.54, 1.807) is 6.33 Å². The van der Waals surface area contributed by atoms with Crippen molar-refractivity contribution in [1.29, 1.82) is 0 Å². The van der Waals surface area contributed by atoms with Gasteiger partial charge >= 0.3 is 0 Å². The molecule has 0 unspecified atom stereocenters. The summed E-state index contributed by atoms with van der Waals surface area (Å²) in [6, 6.07) is 2.49. The van der Waals surface area contributed by atoms with E-state index in [2.05, 4.69) is 28.4 Å². The van der Waals surface area contributed by atoms with Crippen LogP contribution in [0.4, 0.5) is 0 Å². The molecule has 0 atom stereocenters. The first-order valence-corrected chi connectivity index (χ1v) is 4.05. The Morgan fingerprint density at radius 3 is 3.00 bits per heavy atom. The lowest BCUT2D eigenvalue weighted by Gasteiger charge is -2.06. The van der Waals surface area contributed by atoms with E-state index in [4.69, 9.17) is 0 Å². The lowest BCUT2D eigenvalue weighted by Crippen LogP contribution is -1.99. The average Bonchev–Trinajstić information content (AvgIpc) is 2.47. The van der Waals surface area contributed by atoms with Gasteiger partial charge in [0.15, 0.2) is 0 Å². The summed E-state index contributed by atoms with van der Waals surface area (Å²) in [6.45, 7) is 4.28. The van der Waals surface area contributed by atoms with Crippen LogP contribution < -0.4 is 0 Å². The molecule has 0 aliphatic heterocycles. The third kappa shape index (κ3) is 0.978. The Balaban J connectivity index is 2.70. The number of hydrogen-bond acceptors (Lipinski definition) is 2. The molecule has 0 spiro atoms. The van der Waals surface area contributed by atoms with Crippen LogP contribution in [-0.2, 0) is 0 Å². The number of fused-ring (bicyclic) bond motifs is 1. The molecule has 3 heteroatoms. The number of rotatable bonds is 1. The fourth-order valence-corrected chi connectivity index (χ4v) is 1.32. The second-order valence-corrected chi connectivity index (χ2v) is 3.12. The van der Waals surface area contributed by atoms with Crippen LogP contribution in [0.25, 0.3) is 11.0 Å². The first-order chi connectivity index (χ1) is 5.79. The number of aromatic nitrogens is 3. The maximum atomic E-state index is 4.21. The first-order valence-electron chi connectivity index (χ1n) is 4.05. The first kappa shape index (κ1) is 7.28. The van der Waals surface area contributed by atoms with Gasteiger partial charge in [0.05, 0.1) is 0 Å². The van der Waals surface area contributed by atoms with Crippen LogP contribution >= 0.6 is 0 Å². The summed E-state index contributed by atoms with van der Waals surface area (Å²) in [7, 11) is 0. The Hall–Kier alpha value is -1.38. The van der Waals surface area contributed by atoms with Gasteiger partial charge < -0.3 is 4.57 Å². The van der Waals surface area contributed by atoms with Gasteiger partial charge in [0, 0.05) is 23.8 Å². The highest BCUT2D eigenvalue weighted by molar-refractivity contribution is 5.74. The highest BCUT2D eigenvalue weighted by atomic mass is 15.1. The highest BCUT2D eigenvalue weighted by Gasteiger charge is 2.03. The molecule has 0 fully saturated rings. The molecule has 3 nitrogen and oxygen atoms in total. The molecular weight excluding hydrogens is 150 g/mol. The molecule has 0 amide bonds. The van der Waals surface area contributed by atoms with Gasteiger partial charge in [-0.25, -0.2) is 9.97 Å². The van der Waals surface area contributed by atoms with Gasteiger partial charge in [-0.2, -0.15) is 0 Å². The third-order valence-corrected chi connectivity index (χ3v) is 1.93. The van der Waals surface area contributed by atoms with Gasteiger partial charge in [0.1, 0.15) is 12.0 Å². The van der Waals surface area contributed by atoms with Crippen LogP contribution in [0.15, 0.2) is 24.8 Å². The van der Waals surface area contributed by atoms with Crippen molar-refractivity contribution >= 4 is 11.0 Å². The second-order valence-electron chi connectivity index (χ2n) is 3.12. The minimum absolute atomic E-state index is 0.456.